The first-order valence-corrected chi connectivity index (χ1v) is 8.89. The fraction of sp³-hybridized carbons (Fsp3) is 0.357. The number of nitrogens with one attached hydrogen (secondary N) is 1. The van der Waals surface area contributed by atoms with Crippen LogP contribution in [0.15, 0.2) is 35.4 Å². The molecule has 21 heavy (non-hydrogen) atoms. The van der Waals surface area contributed by atoms with Crippen LogP contribution < -0.4 is 5.32 Å². The largest absolute Gasteiger partial charge is 0.379 e. The highest BCUT2D eigenvalue weighted by molar-refractivity contribution is 7.89. The number of sulfonamides is 1. The van der Waals surface area contributed by atoms with Crippen molar-refractivity contribution in [3.05, 3.63) is 40.3 Å². The van der Waals surface area contributed by atoms with Crippen LogP contribution in [0, 0.1) is 0 Å². The molecule has 0 unspecified atom stereocenters. The molecule has 1 aromatic heterocycles. The van der Waals surface area contributed by atoms with Gasteiger partial charge in [0.1, 0.15) is 5.01 Å². The first-order chi connectivity index (χ1) is 9.93. The summed E-state index contributed by atoms with van der Waals surface area (Å²) < 4.78 is 25.1. The fourth-order valence-electron chi connectivity index (χ4n) is 1.73. The van der Waals surface area contributed by atoms with E-state index in [1.807, 2.05) is 6.20 Å². The normalized spacial score (nSPS) is 11.8. The number of aryl methyl sites for hydroxylation is 1. The SMILES string of the molecule is CCc1cnc(CNc2ccc(S(=O)(=O)N(C)C)cc2)s1. The number of nitrogens with zero attached hydrogens (tertiary/aromatic N) is 2. The smallest absolute Gasteiger partial charge is 0.242 e. The van der Waals surface area contributed by atoms with Crippen LogP contribution in [0.3, 0.4) is 0 Å². The number of thiazole rings is 1. The minimum absolute atomic E-state index is 0.292. The second-order valence-electron chi connectivity index (χ2n) is 4.74. The van der Waals surface area contributed by atoms with Crippen LogP contribution in [0.2, 0.25) is 0 Å². The van der Waals surface area contributed by atoms with Crippen molar-refractivity contribution in [2.75, 3.05) is 19.4 Å². The number of rotatable bonds is 6. The summed E-state index contributed by atoms with van der Waals surface area (Å²) in [4.78, 5) is 5.89. The van der Waals surface area contributed by atoms with E-state index in [4.69, 9.17) is 0 Å². The summed E-state index contributed by atoms with van der Waals surface area (Å²) >= 11 is 1.69. The van der Waals surface area contributed by atoms with Crippen molar-refractivity contribution in [3.63, 3.8) is 0 Å². The minimum atomic E-state index is -3.37. The molecule has 0 fully saturated rings. The van der Waals surface area contributed by atoms with E-state index < -0.39 is 10.0 Å². The van der Waals surface area contributed by atoms with Crippen molar-refractivity contribution >= 4 is 27.0 Å². The lowest BCUT2D eigenvalue weighted by Gasteiger charge is -2.12. The molecule has 0 aliphatic carbocycles. The molecule has 1 N–H and O–H groups in total. The Morgan fingerprint density at radius 3 is 2.43 bits per heavy atom. The van der Waals surface area contributed by atoms with Gasteiger partial charge in [-0.1, -0.05) is 6.92 Å². The highest BCUT2D eigenvalue weighted by atomic mass is 32.2. The van der Waals surface area contributed by atoms with Crippen molar-refractivity contribution in [1.82, 2.24) is 9.29 Å². The second-order valence-corrected chi connectivity index (χ2v) is 8.09. The maximum atomic E-state index is 12.0. The van der Waals surface area contributed by atoms with E-state index in [9.17, 15) is 8.42 Å². The molecule has 0 saturated heterocycles. The lowest BCUT2D eigenvalue weighted by molar-refractivity contribution is 0.521. The number of hydrogen-bond donors (Lipinski definition) is 1. The standard InChI is InChI=1S/C14H19N3O2S2/c1-4-12-9-16-14(20-12)10-15-11-5-7-13(8-6-11)21(18,19)17(2)3/h5-9,15H,4,10H2,1-3H3. The number of anilines is 1. The summed E-state index contributed by atoms with van der Waals surface area (Å²) in [5, 5.41) is 4.27. The zero-order valence-electron chi connectivity index (χ0n) is 12.3. The molecule has 0 spiro atoms. The van der Waals surface area contributed by atoms with Gasteiger partial charge in [-0.2, -0.15) is 0 Å². The summed E-state index contributed by atoms with van der Waals surface area (Å²) in [7, 11) is -0.319. The Labute approximate surface area is 129 Å². The minimum Gasteiger partial charge on any atom is -0.379 e. The van der Waals surface area contributed by atoms with E-state index in [2.05, 4.69) is 17.2 Å². The molecule has 5 nitrogen and oxygen atoms in total. The third-order valence-electron chi connectivity index (χ3n) is 3.03. The average Bonchev–Trinajstić information content (AvgIpc) is 2.93. The molecular formula is C14H19N3O2S2. The van der Waals surface area contributed by atoms with Gasteiger partial charge in [0.25, 0.3) is 0 Å². The van der Waals surface area contributed by atoms with Crippen LogP contribution in [-0.2, 0) is 23.0 Å². The summed E-state index contributed by atoms with van der Waals surface area (Å²) in [6.45, 7) is 2.75. The number of hydrogen-bond acceptors (Lipinski definition) is 5. The van der Waals surface area contributed by atoms with Crippen LogP contribution in [0.5, 0.6) is 0 Å². The third kappa shape index (κ3) is 3.81. The first kappa shape index (κ1) is 15.9. The molecule has 0 saturated carbocycles. The number of benzene rings is 1. The lowest BCUT2D eigenvalue weighted by Crippen LogP contribution is -2.22. The highest BCUT2D eigenvalue weighted by Gasteiger charge is 2.16. The molecule has 0 amide bonds. The Morgan fingerprint density at radius 1 is 1.24 bits per heavy atom. The predicted molar refractivity (Wildman–Crippen MR) is 86.1 cm³/mol. The zero-order chi connectivity index (χ0) is 15.5. The molecule has 0 aliphatic rings. The molecule has 114 valence electrons. The zero-order valence-corrected chi connectivity index (χ0v) is 14.0. The topological polar surface area (TPSA) is 62.3 Å². The summed E-state index contributed by atoms with van der Waals surface area (Å²) in [5.41, 5.74) is 0.876. The molecule has 0 atom stereocenters. The monoisotopic (exact) mass is 325 g/mol. The molecule has 1 aromatic carbocycles. The van der Waals surface area contributed by atoms with Crippen LogP contribution in [0.1, 0.15) is 16.8 Å². The molecule has 2 aromatic rings. The van der Waals surface area contributed by atoms with Crippen LogP contribution in [0.25, 0.3) is 0 Å². The second kappa shape index (κ2) is 6.55. The molecule has 0 radical (unpaired) electrons. The van der Waals surface area contributed by atoms with Crippen LogP contribution in [0.4, 0.5) is 5.69 Å². The maximum Gasteiger partial charge on any atom is 0.242 e. The van der Waals surface area contributed by atoms with Gasteiger partial charge >= 0.3 is 0 Å². The van der Waals surface area contributed by atoms with Crippen molar-refractivity contribution < 1.29 is 8.42 Å². The van der Waals surface area contributed by atoms with Gasteiger partial charge in [0.2, 0.25) is 10.0 Å². The summed E-state index contributed by atoms with van der Waals surface area (Å²) in [6, 6.07) is 6.75. The van der Waals surface area contributed by atoms with Gasteiger partial charge in [-0.25, -0.2) is 17.7 Å². The third-order valence-corrected chi connectivity index (χ3v) is 6.00. The molecule has 1 heterocycles. The van der Waals surface area contributed by atoms with Crippen molar-refractivity contribution in [1.29, 1.82) is 0 Å². The van der Waals surface area contributed by atoms with Gasteiger partial charge in [0, 0.05) is 30.9 Å². The Kier molecular flexibility index (Phi) is 4.97. The van der Waals surface area contributed by atoms with Gasteiger partial charge in [0.15, 0.2) is 0 Å². The number of aromatic nitrogens is 1. The van der Waals surface area contributed by atoms with Gasteiger partial charge in [-0.05, 0) is 30.7 Å². The van der Waals surface area contributed by atoms with E-state index in [0.29, 0.717) is 11.4 Å². The quantitative estimate of drug-likeness (QED) is 0.886. The average molecular weight is 325 g/mol. The molecular weight excluding hydrogens is 306 g/mol. The van der Waals surface area contributed by atoms with Crippen molar-refractivity contribution in [3.8, 4) is 0 Å². The summed E-state index contributed by atoms with van der Waals surface area (Å²) in [5.74, 6) is 0. The van der Waals surface area contributed by atoms with Gasteiger partial charge in [0.05, 0.1) is 11.4 Å². The highest BCUT2D eigenvalue weighted by Crippen LogP contribution is 2.18. The lowest BCUT2D eigenvalue weighted by atomic mass is 10.3. The van der Waals surface area contributed by atoms with Gasteiger partial charge < -0.3 is 5.32 Å². The predicted octanol–water partition coefficient (Wildman–Crippen LogP) is 2.57. The van der Waals surface area contributed by atoms with Crippen LogP contribution in [-0.4, -0.2) is 31.8 Å². The first-order valence-electron chi connectivity index (χ1n) is 6.63. The fourth-order valence-corrected chi connectivity index (χ4v) is 3.43. The Morgan fingerprint density at radius 2 is 1.90 bits per heavy atom. The van der Waals surface area contributed by atoms with Gasteiger partial charge in [-0.15, -0.1) is 11.3 Å². The van der Waals surface area contributed by atoms with E-state index in [0.717, 1.165) is 17.1 Å². The van der Waals surface area contributed by atoms with E-state index in [-0.39, 0.29) is 0 Å². The Hall–Kier alpha value is -1.44. The molecule has 0 bridgehead atoms. The Balaban J connectivity index is 2.03. The molecule has 7 heteroatoms. The van der Waals surface area contributed by atoms with Crippen molar-refractivity contribution in [2.24, 2.45) is 0 Å². The molecule has 0 aliphatic heterocycles. The molecule has 2 rings (SSSR count). The summed E-state index contributed by atoms with van der Waals surface area (Å²) in [6.07, 6.45) is 2.89. The van der Waals surface area contributed by atoms with Crippen LogP contribution >= 0.6 is 11.3 Å². The van der Waals surface area contributed by atoms with Gasteiger partial charge in [-0.3, -0.25) is 0 Å². The van der Waals surface area contributed by atoms with E-state index >= 15 is 0 Å². The van der Waals surface area contributed by atoms with Crippen molar-refractivity contribution in [2.45, 2.75) is 24.8 Å². The van der Waals surface area contributed by atoms with E-state index in [1.54, 1.807) is 35.6 Å². The van der Waals surface area contributed by atoms with E-state index in [1.165, 1.54) is 23.3 Å². The maximum absolute atomic E-state index is 12.0. The Bertz CT molecular complexity index is 691.